The number of aryl methyl sites for hydroxylation is 1. The molecule has 0 aliphatic heterocycles. The molecular weight excluding hydrogens is 270 g/mol. The van der Waals surface area contributed by atoms with Crippen molar-refractivity contribution in [3.05, 3.63) is 29.3 Å². The van der Waals surface area contributed by atoms with Gasteiger partial charge in [0.1, 0.15) is 0 Å². The Morgan fingerprint density at radius 3 is 2.78 bits per heavy atom. The molecule has 1 aromatic rings. The van der Waals surface area contributed by atoms with Crippen LogP contribution in [0, 0.1) is 0 Å². The fraction of sp³-hybridized carbons (Fsp3) is 0.364. The number of fused-ring (bicyclic) bond motifs is 1. The lowest BCUT2D eigenvalue weighted by molar-refractivity contribution is 0.527. The lowest BCUT2D eigenvalue weighted by atomic mass is 9.88. The molecule has 0 spiro atoms. The molecule has 1 aliphatic rings. The zero-order valence-electron chi connectivity index (χ0n) is 9.72. The molecule has 0 heterocycles. The Morgan fingerprint density at radius 2 is 2.17 bits per heavy atom. The summed E-state index contributed by atoms with van der Waals surface area (Å²) in [5.74, 6) is 0. The molecular formula is C11H15N3O2S2. The number of thiocarbonyl (C=S) groups is 1. The molecule has 98 valence electrons. The van der Waals surface area contributed by atoms with Crippen LogP contribution < -0.4 is 16.2 Å². The highest BCUT2D eigenvalue weighted by Gasteiger charge is 2.22. The van der Waals surface area contributed by atoms with Crippen LogP contribution in [0.2, 0.25) is 0 Å². The summed E-state index contributed by atoms with van der Waals surface area (Å²) in [5, 5.41) is 8.40. The predicted molar refractivity (Wildman–Crippen MR) is 73.4 cm³/mol. The Balaban J connectivity index is 2.39. The molecule has 7 heteroatoms. The molecule has 0 radical (unpaired) electrons. The second-order valence-corrected chi connectivity index (χ2v) is 6.36. The molecule has 0 aromatic heterocycles. The largest absolute Gasteiger partial charge is 0.376 e. The molecule has 0 bridgehead atoms. The first-order valence-electron chi connectivity index (χ1n) is 5.59. The van der Waals surface area contributed by atoms with Crippen LogP contribution >= 0.6 is 12.2 Å². The van der Waals surface area contributed by atoms with E-state index in [0.29, 0.717) is 0 Å². The number of primary sulfonamides is 1. The Morgan fingerprint density at radius 1 is 1.44 bits per heavy atom. The second kappa shape index (κ2) is 4.83. The quantitative estimate of drug-likeness (QED) is 0.689. The van der Waals surface area contributed by atoms with E-state index in [9.17, 15) is 8.42 Å². The van der Waals surface area contributed by atoms with Crippen LogP contribution in [0.4, 0.5) is 0 Å². The third-order valence-electron chi connectivity index (χ3n) is 3.07. The van der Waals surface area contributed by atoms with E-state index in [1.165, 1.54) is 6.07 Å². The average molecular weight is 285 g/mol. The van der Waals surface area contributed by atoms with Gasteiger partial charge in [0.25, 0.3) is 0 Å². The van der Waals surface area contributed by atoms with Gasteiger partial charge >= 0.3 is 0 Å². The van der Waals surface area contributed by atoms with Crippen LogP contribution in [0.15, 0.2) is 23.1 Å². The van der Waals surface area contributed by atoms with Gasteiger partial charge in [0.05, 0.1) is 10.9 Å². The summed E-state index contributed by atoms with van der Waals surface area (Å²) in [4.78, 5) is 0.150. The molecule has 1 aromatic carbocycles. The van der Waals surface area contributed by atoms with Crippen molar-refractivity contribution in [3.63, 3.8) is 0 Å². The van der Waals surface area contributed by atoms with Crippen molar-refractivity contribution in [2.24, 2.45) is 10.9 Å². The van der Waals surface area contributed by atoms with Gasteiger partial charge < -0.3 is 11.1 Å². The Bertz CT molecular complexity index is 584. The molecule has 0 saturated carbocycles. The van der Waals surface area contributed by atoms with Gasteiger partial charge in [-0.05, 0) is 54.7 Å². The third-order valence-corrected chi connectivity index (χ3v) is 4.10. The second-order valence-electron chi connectivity index (χ2n) is 4.36. The Labute approximate surface area is 112 Å². The minimum absolute atomic E-state index is 0.0563. The molecule has 0 fully saturated rings. The number of nitrogens with two attached hydrogens (primary N) is 2. The van der Waals surface area contributed by atoms with Crippen LogP contribution in [-0.4, -0.2) is 13.5 Å². The molecule has 1 aliphatic carbocycles. The van der Waals surface area contributed by atoms with Crippen molar-refractivity contribution in [2.45, 2.75) is 30.2 Å². The lowest BCUT2D eigenvalue weighted by Gasteiger charge is -2.26. The number of sulfonamides is 1. The smallest absolute Gasteiger partial charge is 0.238 e. The molecule has 1 atom stereocenters. The maximum Gasteiger partial charge on any atom is 0.238 e. The fourth-order valence-electron chi connectivity index (χ4n) is 2.29. The van der Waals surface area contributed by atoms with Gasteiger partial charge in [-0.2, -0.15) is 0 Å². The van der Waals surface area contributed by atoms with E-state index >= 15 is 0 Å². The summed E-state index contributed by atoms with van der Waals surface area (Å²) >= 11 is 4.84. The zero-order chi connectivity index (χ0) is 13.3. The molecule has 0 saturated heterocycles. The summed E-state index contributed by atoms with van der Waals surface area (Å²) in [6.45, 7) is 0. The number of rotatable bonds is 2. The van der Waals surface area contributed by atoms with E-state index in [0.717, 1.165) is 30.4 Å². The SMILES string of the molecule is NC(=S)NC1CCCc2cc(S(N)(=O)=O)ccc21. The van der Waals surface area contributed by atoms with Crippen molar-refractivity contribution in [1.82, 2.24) is 5.32 Å². The van der Waals surface area contributed by atoms with Gasteiger partial charge in [-0.1, -0.05) is 6.07 Å². The molecule has 0 amide bonds. The molecule has 2 rings (SSSR count). The van der Waals surface area contributed by atoms with E-state index in [1.807, 2.05) is 0 Å². The molecule has 1 unspecified atom stereocenters. The molecule has 5 nitrogen and oxygen atoms in total. The normalized spacial score (nSPS) is 19.1. The first-order chi connectivity index (χ1) is 8.38. The van der Waals surface area contributed by atoms with E-state index in [4.69, 9.17) is 23.1 Å². The van der Waals surface area contributed by atoms with Crippen molar-refractivity contribution in [3.8, 4) is 0 Å². The summed E-state index contributed by atoms with van der Waals surface area (Å²) in [7, 11) is -3.65. The lowest BCUT2D eigenvalue weighted by Crippen LogP contribution is -2.34. The summed E-state index contributed by atoms with van der Waals surface area (Å²) in [5.41, 5.74) is 7.51. The van der Waals surface area contributed by atoms with E-state index in [1.54, 1.807) is 12.1 Å². The first kappa shape index (κ1) is 13.3. The van der Waals surface area contributed by atoms with E-state index < -0.39 is 10.0 Å². The molecule has 18 heavy (non-hydrogen) atoms. The van der Waals surface area contributed by atoms with Gasteiger partial charge in [-0.25, -0.2) is 13.6 Å². The zero-order valence-corrected chi connectivity index (χ0v) is 11.4. The predicted octanol–water partition coefficient (Wildman–Crippen LogP) is 0.545. The van der Waals surface area contributed by atoms with Crippen LogP contribution in [0.25, 0.3) is 0 Å². The average Bonchev–Trinajstić information content (AvgIpc) is 2.27. The highest BCUT2D eigenvalue weighted by molar-refractivity contribution is 7.89. The fourth-order valence-corrected chi connectivity index (χ4v) is 3.00. The van der Waals surface area contributed by atoms with Crippen LogP contribution in [0.5, 0.6) is 0 Å². The Kier molecular flexibility index (Phi) is 3.56. The maximum absolute atomic E-state index is 11.3. The van der Waals surface area contributed by atoms with Crippen molar-refractivity contribution >= 4 is 27.4 Å². The van der Waals surface area contributed by atoms with Gasteiger partial charge in [-0.15, -0.1) is 0 Å². The van der Waals surface area contributed by atoms with Gasteiger partial charge in [0.15, 0.2) is 5.11 Å². The number of benzene rings is 1. The molecule has 5 N–H and O–H groups in total. The monoisotopic (exact) mass is 285 g/mol. The number of hydrogen-bond acceptors (Lipinski definition) is 3. The van der Waals surface area contributed by atoms with Crippen LogP contribution in [0.1, 0.15) is 30.0 Å². The number of nitrogens with one attached hydrogen (secondary N) is 1. The van der Waals surface area contributed by atoms with Crippen LogP contribution in [-0.2, 0) is 16.4 Å². The Hall–Kier alpha value is -1.18. The first-order valence-corrected chi connectivity index (χ1v) is 7.55. The van der Waals surface area contributed by atoms with Gasteiger partial charge in [0.2, 0.25) is 10.0 Å². The third kappa shape index (κ3) is 2.80. The minimum atomic E-state index is -3.65. The van der Waals surface area contributed by atoms with Crippen LogP contribution in [0.3, 0.4) is 0 Å². The summed E-state index contributed by atoms with van der Waals surface area (Å²) in [6, 6.07) is 5.00. The van der Waals surface area contributed by atoms with Crippen molar-refractivity contribution in [2.75, 3.05) is 0 Å². The van der Waals surface area contributed by atoms with Gasteiger partial charge in [0, 0.05) is 0 Å². The number of hydrogen-bond donors (Lipinski definition) is 3. The standard InChI is InChI=1S/C11H15N3O2S2/c12-11(17)14-10-3-1-2-7-6-8(18(13,15)16)4-5-9(7)10/h4-6,10H,1-3H2,(H3,12,14,17)(H2,13,15,16). The van der Waals surface area contributed by atoms with E-state index in [-0.39, 0.29) is 16.0 Å². The minimum Gasteiger partial charge on any atom is -0.376 e. The van der Waals surface area contributed by atoms with Crippen molar-refractivity contribution < 1.29 is 8.42 Å². The topological polar surface area (TPSA) is 98.2 Å². The van der Waals surface area contributed by atoms with E-state index in [2.05, 4.69) is 5.32 Å². The summed E-state index contributed by atoms with van der Waals surface area (Å²) < 4.78 is 22.6. The highest BCUT2D eigenvalue weighted by atomic mass is 32.2. The van der Waals surface area contributed by atoms with Gasteiger partial charge in [-0.3, -0.25) is 0 Å². The maximum atomic E-state index is 11.3. The highest BCUT2D eigenvalue weighted by Crippen LogP contribution is 2.30. The summed E-state index contributed by atoms with van der Waals surface area (Å²) in [6.07, 6.45) is 2.73. The van der Waals surface area contributed by atoms with Crippen molar-refractivity contribution in [1.29, 1.82) is 0 Å².